The lowest BCUT2D eigenvalue weighted by Gasteiger charge is -2.42. The van der Waals surface area contributed by atoms with E-state index in [0.29, 0.717) is 5.41 Å². The van der Waals surface area contributed by atoms with Crippen LogP contribution in [0.2, 0.25) is 0 Å². The second-order valence-electron chi connectivity index (χ2n) is 5.85. The molecule has 0 aliphatic carbocycles. The molecule has 0 aromatic heterocycles. The molecule has 1 fully saturated rings. The molecule has 0 N–H and O–H groups in total. The minimum absolute atomic E-state index is 0.564. The fraction of sp³-hybridized carbons (Fsp3) is 0.588. The van der Waals surface area contributed by atoms with Gasteiger partial charge in [-0.25, -0.2) is 0 Å². The van der Waals surface area contributed by atoms with Gasteiger partial charge in [-0.05, 0) is 48.9 Å². The van der Waals surface area contributed by atoms with Gasteiger partial charge in [-0.2, -0.15) is 0 Å². The summed E-state index contributed by atoms with van der Waals surface area (Å²) in [5, 5.41) is 0. The number of piperidine rings is 1. The molecule has 0 spiro atoms. The minimum atomic E-state index is 0.564. The van der Waals surface area contributed by atoms with Crippen LogP contribution in [0.3, 0.4) is 0 Å². The van der Waals surface area contributed by atoms with Crippen molar-refractivity contribution in [3.05, 3.63) is 29.3 Å². The van der Waals surface area contributed by atoms with Gasteiger partial charge >= 0.3 is 0 Å². The largest absolute Gasteiger partial charge is 0.371 e. The van der Waals surface area contributed by atoms with Gasteiger partial charge in [0.15, 0.2) is 0 Å². The van der Waals surface area contributed by atoms with Crippen LogP contribution in [-0.2, 0) is 0 Å². The van der Waals surface area contributed by atoms with Crippen LogP contribution in [-0.4, -0.2) is 19.4 Å². The van der Waals surface area contributed by atoms with Gasteiger partial charge in [0, 0.05) is 24.3 Å². The van der Waals surface area contributed by atoms with E-state index in [1.807, 2.05) is 13.0 Å². The van der Waals surface area contributed by atoms with Crippen LogP contribution in [0.15, 0.2) is 18.2 Å². The number of carbonyl (C=O) groups is 1. The van der Waals surface area contributed by atoms with Crippen LogP contribution >= 0.6 is 0 Å². The van der Waals surface area contributed by atoms with E-state index < -0.39 is 0 Å². The summed E-state index contributed by atoms with van der Waals surface area (Å²) >= 11 is 0. The Bertz CT molecular complexity index is 439. The van der Waals surface area contributed by atoms with Gasteiger partial charge in [0.2, 0.25) is 0 Å². The van der Waals surface area contributed by atoms with Crippen molar-refractivity contribution in [2.45, 2.75) is 46.5 Å². The van der Waals surface area contributed by atoms with E-state index in [4.69, 9.17) is 0 Å². The summed E-state index contributed by atoms with van der Waals surface area (Å²) in [6, 6.07) is 6.18. The van der Waals surface area contributed by atoms with E-state index in [1.165, 1.54) is 31.4 Å². The van der Waals surface area contributed by atoms with Crippen LogP contribution in [0, 0.1) is 12.3 Å². The van der Waals surface area contributed by atoms with Gasteiger partial charge in [-0.15, -0.1) is 0 Å². The molecule has 0 unspecified atom stereocenters. The quantitative estimate of drug-likeness (QED) is 0.755. The number of hydrogen-bond acceptors (Lipinski definition) is 2. The smallest absolute Gasteiger partial charge is 0.150 e. The normalized spacial score (nSPS) is 18.4. The monoisotopic (exact) mass is 259 g/mol. The first-order valence-electron chi connectivity index (χ1n) is 7.45. The summed E-state index contributed by atoms with van der Waals surface area (Å²) in [6.45, 7) is 8.94. The first kappa shape index (κ1) is 14.1. The molecular weight excluding hydrogens is 234 g/mol. The predicted octanol–water partition coefficient (Wildman–Crippen LogP) is 4.21. The van der Waals surface area contributed by atoms with Gasteiger partial charge in [-0.3, -0.25) is 4.79 Å². The molecule has 104 valence electrons. The summed E-state index contributed by atoms with van der Waals surface area (Å²) in [5.41, 5.74) is 3.71. The summed E-state index contributed by atoms with van der Waals surface area (Å²) in [4.78, 5) is 13.3. The highest BCUT2D eigenvalue weighted by molar-refractivity contribution is 5.78. The maximum atomic E-state index is 10.9. The molecule has 0 radical (unpaired) electrons. The van der Waals surface area contributed by atoms with Crippen molar-refractivity contribution in [2.24, 2.45) is 5.41 Å². The van der Waals surface area contributed by atoms with Crippen LogP contribution in [0.5, 0.6) is 0 Å². The van der Waals surface area contributed by atoms with E-state index in [-0.39, 0.29) is 0 Å². The van der Waals surface area contributed by atoms with E-state index in [1.54, 1.807) is 0 Å². The summed E-state index contributed by atoms with van der Waals surface area (Å²) in [6.07, 6.45) is 6.10. The van der Waals surface area contributed by atoms with Crippen molar-refractivity contribution >= 4 is 12.0 Å². The summed E-state index contributed by atoms with van der Waals surface area (Å²) in [7, 11) is 0. The minimum Gasteiger partial charge on any atom is -0.371 e. The number of anilines is 1. The maximum Gasteiger partial charge on any atom is 0.150 e. The van der Waals surface area contributed by atoms with Crippen molar-refractivity contribution in [2.75, 3.05) is 18.0 Å². The topological polar surface area (TPSA) is 20.3 Å². The molecule has 1 aliphatic rings. The second kappa shape index (κ2) is 5.77. The third-order valence-electron chi connectivity index (χ3n) is 5.07. The Balaban J connectivity index is 2.09. The Labute approximate surface area is 116 Å². The molecule has 1 saturated heterocycles. The zero-order valence-electron chi connectivity index (χ0n) is 12.4. The lowest BCUT2D eigenvalue weighted by atomic mass is 9.74. The molecule has 2 heteroatoms. The molecule has 0 atom stereocenters. The highest BCUT2D eigenvalue weighted by Gasteiger charge is 2.31. The Kier molecular flexibility index (Phi) is 4.28. The van der Waals surface area contributed by atoms with Crippen LogP contribution in [0.25, 0.3) is 0 Å². The average Bonchev–Trinajstić information content (AvgIpc) is 2.47. The number of nitrogens with zero attached hydrogens (tertiary/aromatic N) is 1. The fourth-order valence-electron chi connectivity index (χ4n) is 3.19. The highest BCUT2D eigenvalue weighted by Crippen LogP contribution is 2.39. The van der Waals surface area contributed by atoms with Crippen molar-refractivity contribution in [1.29, 1.82) is 0 Å². The van der Waals surface area contributed by atoms with Crippen molar-refractivity contribution in [3.8, 4) is 0 Å². The molecule has 19 heavy (non-hydrogen) atoms. The van der Waals surface area contributed by atoms with E-state index in [9.17, 15) is 4.79 Å². The standard InChI is InChI=1S/C17H25NO/c1-4-17(5-2)8-10-18(11-9-17)16-7-6-15(13-19)14(3)12-16/h6-7,12-13H,4-5,8-11H2,1-3H3. The molecule has 2 rings (SSSR count). The molecule has 2 nitrogen and oxygen atoms in total. The zero-order chi connectivity index (χ0) is 13.9. The number of aldehydes is 1. The number of hydrogen-bond donors (Lipinski definition) is 0. The van der Waals surface area contributed by atoms with Crippen molar-refractivity contribution in [3.63, 3.8) is 0 Å². The third-order valence-corrected chi connectivity index (χ3v) is 5.07. The molecule has 0 saturated carbocycles. The van der Waals surface area contributed by atoms with Crippen LogP contribution in [0.1, 0.15) is 55.5 Å². The number of rotatable bonds is 4. The predicted molar refractivity (Wildman–Crippen MR) is 81.0 cm³/mol. The lowest BCUT2D eigenvalue weighted by Crippen LogP contribution is -2.39. The first-order chi connectivity index (χ1) is 9.14. The molecule has 0 bridgehead atoms. The van der Waals surface area contributed by atoms with Gasteiger partial charge in [-0.1, -0.05) is 26.7 Å². The Morgan fingerprint density at radius 1 is 1.21 bits per heavy atom. The molecular formula is C17H25NO. The lowest BCUT2D eigenvalue weighted by molar-refractivity contribution is 0.112. The van der Waals surface area contributed by atoms with Crippen molar-refractivity contribution < 1.29 is 4.79 Å². The second-order valence-corrected chi connectivity index (χ2v) is 5.85. The van der Waals surface area contributed by atoms with Gasteiger partial charge in [0.05, 0.1) is 0 Å². The third kappa shape index (κ3) is 2.83. The van der Waals surface area contributed by atoms with E-state index in [0.717, 1.165) is 30.5 Å². The summed E-state index contributed by atoms with van der Waals surface area (Å²) < 4.78 is 0. The molecule has 1 heterocycles. The first-order valence-corrected chi connectivity index (χ1v) is 7.45. The van der Waals surface area contributed by atoms with Gasteiger partial charge < -0.3 is 4.90 Å². The number of carbonyl (C=O) groups excluding carboxylic acids is 1. The Morgan fingerprint density at radius 3 is 2.32 bits per heavy atom. The van der Waals surface area contributed by atoms with E-state index >= 15 is 0 Å². The highest BCUT2D eigenvalue weighted by atomic mass is 16.1. The maximum absolute atomic E-state index is 10.9. The van der Waals surface area contributed by atoms with Crippen LogP contribution < -0.4 is 4.90 Å². The SMILES string of the molecule is CCC1(CC)CCN(c2ccc(C=O)c(C)c2)CC1. The Hall–Kier alpha value is -1.31. The molecule has 1 aliphatic heterocycles. The Morgan fingerprint density at radius 2 is 1.84 bits per heavy atom. The summed E-state index contributed by atoms with van der Waals surface area (Å²) in [5.74, 6) is 0. The zero-order valence-corrected chi connectivity index (χ0v) is 12.4. The van der Waals surface area contributed by atoms with Crippen molar-refractivity contribution in [1.82, 2.24) is 0 Å². The number of benzene rings is 1. The average molecular weight is 259 g/mol. The molecule has 1 aromatic rings. The molecule has 1 aromatic carbocycles. The van der Waals surface area contributed by atoms with Gasteiger partial charge in [0.1, 0.15) is 6.29 Å². The van der Waals surface area contributed by atoms with Crippen LogP contribution in [0.4, 0.5) is 5.69 Å². The fourth-order valence-corrected chi connectivity index (χ4v) is 3.19. The van der Waals surface area contributed by atoms with E-state index in [2.05, 4.69) is 30.9 Å². The molecule has 0 amide bonds. The van der Waals surface area contributed by atoms with Gasteiger partial charge in [0.25, 0.3) is 0 Å². The number of aryl methyl sites for hydroxylation is 1.